The standard InChI is InChI=1S/C17H25BrN2O.ClH/c1-12-8-16(18)6-5-15(12)11-20-17(21)9-13(2)14-4-3-7-19-10-14;/h5-6,8,13-14,19H,3-4,7,9-11H2,1-2H3,(H,20,21);1H. The van der Waals surface area contributed by atoms with Gasteiger partial charge in [-0.1, -0.05) is 28.9 Å². The number of halogens is 2. The van der Waals surface area contributed by atoms with Crippen molar-refractivity contribution in [2.75, 3.05) is 13.1 Å². The maximum Gasteiger partial charge on any atom is 0.220 e. The second kappa shape index (κ2) is 9.53. The van der Waals surface area contributed by atoms with Crippen molar-refractivity contribution >= 4 is 34.2 Å². The smallest absolute Gasteiger partial charge is 0.220 e. The lowest BCUT2D eigenvalue weighted by Crippen LogP contribution is -2.35. The molecule has 0 aliphatic carbocycles. The molecule has 1 heterocycles. The second-order valence-corrected chi connectivity index (χ2v) is 7.05. The molecule has 0 radical (unpaired) electrons. The first kappa shape index (κ1) is 19.5. The van der Waals surface area contributed by atoms with Crippen LogP contribution in [0.1, 0.15) is 37.3 Å². The summed E-state index contributed by atoms with van der Waals surface area (Å²) in [5.74, 6) is 1.25. The van der Waals surface area contributed by atoms with Gasteiger partial charge >= 0.3 is 0 Å². The van der Waals surface area contributed by atoms with Crippen LogP contribution in [0.4, 0.5) is 0 Å². The summed E-state index contributed by atoms with van der Waals surface area (Å²) in [6.45, 7) is 7.07. The van der Waals surface area contributed by atoms with Gasteiger partial charge in [-0.15, -0.1) is 12.4 Å². The van der Waals surface area contributed by atoms with Gasteiger partial charge in [0.2, 0.25) is 5.91 Å². The summed E-state index contributed by atoms with van der Waals surface area (Å²) in [6.07, 6.45) is 3.10. The summed E-state index contributed by atoms with van der Waals surface area (Å²) < 4.78 is 1.08. The number of hydrogen-bond donors (Lipinski definition) is 2. The number of benzene rings is 1. The van der Waals surface area contributed by atoms with Crippen LogP contribution in [-0.4, -0.2) is 19.0 Å². The van der Waals surface area contributed by atoms with Crippen molar-refractivity contribution in [3.05, 3.63) is 33.8 Å². The molecule has 22 heavy (non-hydrogen) atoms. The molecular formula is C17H26BrClN2O. The van der Waals surface area contributed by atoms with E-state index in [2.05, 4.69) is 52.5 Å². The van der Waals surface area contributed by atoms with E-state index in [0.29, 0.717) is 24.8 Å². The Balaban J connectivity index is 0.00000242. The van der Waals surface area contributed by atoms with Gasteiger partial charge in [0.25, 0.3) is 0 Å². The predicted molar refractivity (Wildman–Crippen MR) is 97.3 cm³/mol. The van der Waals surface area contributed by atoms with Crippen LogP contribution in [0.2, 0.25) is 0 Å². The molecule has 1 aromatic rings. The van der Waals surface area contributed by atoms with E-state index < -0.39 is 0 Å². The Morgan fingerprint density at radius 1 is 1.50 bits per heavy atom. The number of carbonyl (C=O) groups excluding carboxylic acids is 1. The van der Waals surface area contributed by atoms with E-state index in [0.717, 1.165) is 17.6 Å². The maximum absolute atomic E-state index is 12.1. The lowest BCUT2D eigenvalue weighted by molar-refractivity contribution is -0.122. The quantitative estimate of drug-likeness (QED) is 0.804. The van der Waals surface area contributed by atoms with E-state index in [-0.39, 0.29) is 18.3 Å². The SMILES string of the molecule is Cc1cc(Br)ccc1CNC(=O)CC(C)C1CCCNC1.Cl. The van der Waals surface area contributed by atoms with Crippen LogP contribution in [0.15, 0.2) is 22.7 Å². The molecule has 124 valence electrons. The number of piperidine rings is 1. The Bertz CT molecular complexity index is 490. The molecule has 2 N–H and O–H groups in total. The molecule has 1 aliphatic heterocycles. The van der Waals surface area contributed by atoms with E-state index in [1.54, 1.807) is 0 Å². The van der Waals surface area contributed by atoms with Gasteiger partial charge in [-0.05, 0) is 68.0 Å². The number of hydrogen-bond acceptors (Lipinski definition) is 2. The highest BCUT2D eigenvalue weighted by Crippen LogP contribution is 2.22. The third-order valence-electron chi connectivity index (χ3n) is 4.43. The zero-order chi connectivity index (χ0) is 15.2. The van der Waals surface area contributed by atoms with Gasteiger partial charge in [-0.3, -0.25) is 4.79 Å². The minimum atomic E-state index is 0. The largest absolute Gasteiger partial charge is 0.352 e. The Hall–Kier alpha value is -0.580. The highest BCUT2D eigenvalue weighted by molar-refractivity contribution is 9.10. The Kier molecular flexibility index (Phi) is 8.44. The number of rotatable bonds is 5. The molecule has 2 atom stereocenters. The lowest BCUT2D eigenvalue weighted by atomic mass is 9.85. The summed E-state index contributed by atoms with van der Waals surface area (Å²) in [5.41, 5.74) is 2.38. The second-order valence-electron chi connectivity index (χ2n) is 6.14. The normalized spacial score (nSPS) is 19.1. The van der Waals surface area contributed by atoms with Crippen LogP contribution in [0.3, 0.4) is 0 Å². The molecular weight excluding hydrogens is 364 g/mol. The van der Waals surface area contributed by atoms with Gasteiger partial charge in [0.15, 0.2) is 0 Å². The first-order chi connectivity index (χ1) is 10.1. The maximum atomic E-state index is 12.1. The highest BCUT2D eigenvalue weighted by Gasteiger charge is 2.21. The van der Waals surface area contributed by atoms with Gasteiger partial charge in [0, 0.05) is 17.4 Å². The van der Waals surface area contributed by atoms with Crippen molar-refractivity contribution < 1.29 is 4.79 Å². The molecule has 1 aliphatic rings. The van der Waals surface area contributed by atoms with Crippen molar-refractivity contribution in [2.45, 2.75) is 39.7 Å². The molecule has 0 spiro atoms. The number of nitrogens with one attached hydrogen (secondary N) is 2. The van der Waals surface area contributed by atoms with Gasteiger partial charge in [-0.25, -0.2) is 0 Å². The minimum Gasteiger partial charge on any atom is -0.352 e. The van der Waals surface area contributed by atoms with Crippen LogP contribution < -0.4 is 10.6 Å². The fraction of sp³-hybridized carbons (Fsp3) is 0.588. The first-order valence-electron chi connectivity index (χ1n) is 7.78. The summed E-state index contributed by atoms with van der Waals surface area (Å²) in [5, 5.41) is 6.48. The van der Waals surface area contributed by atoms with Crippen LogP contribution >= 0.6 is 28.3 Å². The van der Waals surface area contributed by atoms with Crippen LogP contribution in [0, 0.1) is 18.8 Å². The van der Waals surface area contributed by atoms with E-state index in [1.807, 2.05) is 6.07 Å². The van der Waals surface area contributed by atoms with Crippen molar-refractivity contribution in [1.82, 2.24) is 10.6 Å². The molecule has 1 saturated heterocycles. The molecule has 0 saturated carbocycles. The van der Waals surface area contributed by atoms with Crippen LogP contribution in [0.5, 0.6) is 0 Å². The average molecular weight is 390 g/mol. The average Bonchev–Trinajstić information content (AvgIpc) is 2.47. The molecule has 1 aromatic carbocycles. The summed E-state index contributed by atoms with van der Waals surface area (Å²) >= 11 is 3.46. The Morgan fingerprint density at radius 3 is 2.91 bits per heavy atom. The molecule has 5 heteroatoms. The molecule has 3 nitrogen and oxygen atoms in total. The Labute approximate surface area is 148 Å². The molecule has 2 rings (SSSR count). The summed E-state index contributed by atoms with van der Waals surface area (Å²) in [4.78, 5) is 12.1. The molecule has 0 bridgehead atoms. The fourth-order valence-corrected chi connectivity index (χ4v) is 3.42. The minimum absolute atomic E-state index is 0. The van der Waals surface area contributed by atoms with Crippen molar-refractivity contribution in [3.63, 3.8) is 0 Å². The zero-order valence-electron chi connectivity index (χ0n) is 13.3. The van der Waals surface area contributed by atoms with Gasteiger partial charge in [-0.2, -0.15) is 0 Å². The first-order valence-corrected chi connectivity index (χ1v) is 8.58. The van der Waals surface area contributed by atoms with Crippen molar-refractivity contribution in [3.8, 4) is 0 Å². The molecule has 1 fully saturated rings. The third kappa shape index (κ3) is 5.90. The highest BCUT2D eigenvalue weighted by atomic mass is 79.9. The van der Waals surface area contributed by atoms with Crippen molar-refractivity contribution in [2.24, 2.45) is 11.8 Å². The Morgan fingerprint density at radius 2 is 2.27 bits per heavy atom. The number of carbonyl (C=O) groups is 1. The fourth-order valence-electron chi connectivity index (χ4n) is 2.95. The van der Waals surface area contributed by atoms with Crippen LogP contribution in [-0.2, 0) is 11.3 Å². The van der Waals surface area contributed by atoms with Gasteiger partial charge in [0.05, 0.1) is 0 Å². The topological polar surface area (TPSA) is 41.1 Å². The molecule has 1 amide bonds. The zero-order valence-corrected chi connectivity index (χ0v) is 15.7. The van der Waals surface area contributed by atoms with Gasteiger partial charge < -0.3 is 10.6 Å². The van der Waals surface area contributed by atoms with E-state index in [9.17, 15) is 4.79 Å². The van der Waals surface area contributed by atoms with Gasteiger partial charge in [0.1, 0.15) is 0 Å². The number of aryl methyl sites for hydroxylation is 1. The van der Waals surface area contributed by atoms with Crippen LogP contribution in [0.25, 0.3) is 0 Å². The van der Waals surface area contributed by atoms with E-state index in [4.69, 9.17) is 0 Å². The monoisotopic (exact) mass is 388 g/mol. The lowest BCUT2D eigenvalue weighted by Gasteiger charge is -2.28. The van der Waals surface area contributed by atoms with E-state index >= 15 is 0 Å². The summed E-state index contributed by atoms with van der Waals surface area (Å²) in [7, 11) is 0. The molecule has 0 aromatic heterocycles. The molecule has 2 unspecified atom stereocenters. The summed E-state index contributed by atoms with van der Waals surface area (Å²) in [6, 6.07) is 6.16. The third-order valence-corrected chi connectivity index (χ3v) is 4.92. The van der Waals surface area contributed by atoms with Crippen molar-refractivity contribution in [1.29, 1.82) is 0 Å². The van der Waals surface area contributed by atoms with E-state index in [1.165, 1.54) is 24.0 Å². The predicted octanol–water partition coefficient (Wildman–Crippen LogP) is 3.82. The number of amides is 1.